The molecule has 28 heavy (non-hydrogen) atoms. The van der Waals surface area contributed by atoms with Gasteiger partial charge in [0, 0.05) is 11.3 Å². The molecule has 5 nitrogen and oxygen atoms in total. The summed E-state index contributed by atoms with van der Waals surface area (Å²) < 4.78 is 5.70. The number of hydrogen-bond acceptors (Lipinski definition) is 3. The van der Waals surface area contributed by atoms with Crippen molar-refractivity contribution >= 4 is 22.6 Å². The summed E-state index contributed by atoms with van der Waals surface area (Å²) in [5, 5.41) is 2.88. The highest BCUT2D eigenvalue weighted by Crippen LogP contribution is 2.22. The largest absolute Gasteiger partial charge is 0.481 e. The van der Waals surface area contributed by atoms with Crippen molar-refractivity contribution in [2.45, 2.75) is 20.0 Å². The number of anilines is 1. The molecule has 0 bridgehead atoms. The van der Waals surface area contributed by atoms with E-state index in [1.54, 1.807) is 6.92 Å². The normalized spacial score (nSPS) is 11.9. The molecule has 3 aromatic carbocycles. The van der Waals surface area contributed by atoms with E-state index in [0.717, 1.165) is 28.0 Å². The zero-order valence-electron chi connectivity index (χ0n) is 15.8. The number of carbonyl (C=O) groups is 1. The summed E-state index contributed by atoms with van der Waals surface area (Å²) >= 11 is 0. The Morgan fingerprint density at radius 2 is 1.71 bits per heavy atom. The van der Waals surface area contributed by atoms with Crippen molar-refractivity contribution in [3.63, 3.8) is 0 Å². The lowest BCUT2D eigenvalue weighted by Crippen LogP contribution is -2.30. The maximum Gasteiger partial charge on any atom is 0.265 e. The highest BCUT2D eigenvalue weighted by molar-refractivity contribution is 5.94. The minimum atomic E-state index is -0.599. The third-order valence-electron chi connectivity index (χ3n) is 4.52. The molecule has 5 heteroatoms. The van der Waals surface area contributed by atoms with Gasteiger partial charge in [-0.3, -0.25) is 4.79 Å². The lowest BCUT2D eigenvalue weighted by molar-refractivity contribution is -0.122. The van der Waals surface area contributed by atoms with Gasteiger partial charge in [-0.1, -0.05) is 29.8 Å². The summed E-state index contributed by atoms with van der Waals surface area (Å²) in [6.45, 7) is 3.74. The molecule has 4 rings (SSSR count). The Kier molecular flexibility index (Phi) is 4.81. The van der Waals surface area contributed by atoms with E-state index in [0.29, 0.717) is 11.4 Å². The second-order valence-corrected chi connectivity index (χ2v) is 6.74. The van der Waals surface area contributed by atoms with Gasteiger partial charge in [-0.05, 0) is 62.4 Å². The number of aryl methyl sites for hydroxylation is 1. The van der Waals surface area contributed by atoms with Gasteiger partial charge < -0.3 is 15.0 Å². The predicted molar refractivity (Wildman–Crippen MR) is 111 cm³/mol. The molecular formula is C23H21N3O2. The molecule has 0 saturated heterocycles. The predicted octanol–water partition coefficient (Wildman–Crippen LogP) is 4.94. The van der Waals surface area contributed by atoms with Crippen LogP contribution in [-0.2, 0) is 4.79 Å². The molecule has 0 aliphatic rings. The summed E-state index contributed by atoms with van der Waals surface area (Å²) in [5.41, 5.74) is 4.74. The van der Waals surface area contributed by atoms with Crippen LogP contribution in [0.1, 0.15) is 12.5 Å². The first-order valence-corrected chi connectivity index (χ1v) is 9.18. The second-order valence-electron chi connectivity index (χ2n) is 6.74. The van der Waals surface area contributed by atoms with Crippen LogP contribution in [0.4, 0.5) is 5.69 Å². The topological polar surface area (TPSA) is 67.0 Å². The van der Waals surface area contributed by atoms with E-state index in [1.807, 2.05) is 79.7 Å². The van der Waals surface area contributed by atoms with Crippen LogP contribution < -0.4 is 10.1 Å². The number of imidazole rings is 1. The van der Waals surface area contributed by atoms with E-state index in [1.165, 1.54) is 0 Å². The SMILES string of the molecule is Cc1ccc(OC(C)C(=O)Nc2ccc(-c3nc4ccccc4[nH]3)cc2)cc1. The van der Waals surface area contributed by atoms with Crippen LogP contribution in [0.15, 0.2) is 72.8 Å². The first-order valence-electron chi connectivity index (χ1n) is 9.18. The molecule has 140 valence electrons. The minimum absolute atomic E-state index is 0.197. The molecule has 2 N–H and O–H groups in total. The lowest BCUT2D eigenvalue weighted by Gasteiger charge is -2.15. The number of benzene rings is 3. The van der Waals surface area contributed by atoms with Crippen molar-refractivity contribution in [3.8, 4) is 17.1 Å². The number of para-hydroxylation sites is 2. The monoisotopic (exact) mass is 371 g/mol. The molecule has 0 saturated carbocycles. The van der Waals surface area contributed by atoms with E-state index in [-0.39, 0.29) is 5.91 Å². The molecule has 0 fully saturated rings. The number of nitrogens with zero attached hydrogens (tertiary/aromatic N) is 1. The zero-order chi connectivity index (χ0) is 19.5. The third-order valence-corrected chi connectivity index (χ3v) is 4.52. The number of H-pyrrole nitrogens is 1. The number of amides is 1. The van der Waals surface area contributed by atoms with Crippen LogP contribution in [0.2, 0.25) is 0 Å². The first-order chi connectivity index (χ1) is 13.6. The quantitative estimate of drug-likeness (QED) is 0.522. The van der Waals surface area contributed by atoms with Crippen molar-refractivity contribution in [2.24, 2.45) is 0 Å². The van der Waals surface area contributed by atoms with Crippen LogP contribution in [0.25, 0.3) is 22.4 Å². The van der Waals surface area contributed by atoms with Gasteiger partial charge in [-0.2, -0.15) is 0 Å². The molecule has 0 aliphatic carbocycles. The molecule has 0 spiro atoms. The van der Waals surface area contributed by atoms with E-state index < -0.39 is 6.10 Å². The van der Waals surface area contributed by atoms with Gasteiger partial charge in [-0.25, -0.2) is 4.98 Å². The number of aromatic amines is 1. The number of rotatable bonds is 5. The highest BCUT2D eigenvalue weighted by Gasteiger charge is 2.15. The Morgan fingerprint density at radius 3 is 2.43 bits per heavy atom. The van der Waals surface area contributed by atoms with Gasteiger partial charge in [0.2, 0.25) is 0 Å². The van der Waals surface area contributed by atoms with Crippen LogP contribution in [0, 0.1) is 6.92 Å². The second kappa shape index (κ2) is 7.56. The molecule has 4 aromatic rings. The van der Waals surface area contributed by atoms with Gasteiger partial charge >= 0.3 is 0 Å². The summed E-state index contributed by atoms with van der Waals surface area (Å²) in [6, 6.07) is 23.1. The van der Waals surface area contributed by atoms with Crippen molar-refractivity contribution in [1.82, 2.24) is 9.97 Å². The number of carbonyl (C=O) groups excluding carboxylic acids is 1. The van der Waals surface area contributed by atoms with Crippen molar-refractivity contribution < 1.29 is 9.53 Å². The maximum atomic E-state index is 12.4. The fourth-order valence-electron chi connectivity index (χ4n) is 2.92. The van der Waals surface area contributed by atoms with Crippen LogP contribution in [-0.4, -0.2) is 22.0 Å². The summed E-state index contributed by atoms with van der Waals surface area (Å²) in [5.74, 6) is 1.28. The Morgan fingerprint density at radius 1 is 1.00 bits per heavy atom. The average Bonchev–Trinajstić information content (AvgIpc) is 3.14. The van der Waals surface area contributed by atoms with E-state index in [4.69, 9.17) is 4.74 Å². The zero-order valence-corrected chi connectivity index (χ0v) is 15.8. The van der Waals surface area contributed by atoms with Gasteiger partial charge in [0.25, 0.3) is 5.91 Å². The number of nitrogens with one attached hydrogen (secondary N) is 2. The number of fused-ring (bicyclic) bond motifs is 1. The molecule has 0 aliphatic heterocycles. The molecule has 1 heterocycles. The average molecular weight is 371 g/mol. The first kappa shape index (κ1) is 17.8. The number of ether oxygens (including phenoxy) is 1. The van der Waals surface area contributed by atoms with Gasteiger partial charge in [-0.15, -0.1) is 0 Å². The summed E-state index contributed by atoms with van der Waals surface area (Å²) in [6.07, 6.45) is -0.599. The van der Waals surface area contributed by atoms with Crippen LogP contribution in [0.3, 0.4) is 0 Å². The van der Waals surface area contributed by atoms with E-state index >= 15 is 0 Å². The van der Waals surface area contributed by atoms with Crippen molar-refractivity contribution in [3.05, 3.63) is 78.4 Å². The van der Waals surface area contributed by atoms with E-state index in [2.05, 4.69) is 15.3 Å². The summed E-state index contributed by atoms with van der Waals surface area (Å²) in [4.78, 5) is 20.3. The molecule has 1 amide bonds. The fraction of sp³-hybridized carbons (Fsp3) is 0.130. The highest BCUT2D eigenvalue weighted by atomic mass is 16.5. The Labute approximate surface area is 163 Å². The van der Waals surface area contributed by atoms with Gasteiger partial charge in [0.1, 0.15) is 11.6 Å². The van der Waals surface area contributed by atoms with Crippen LogP contribution in [0.5, 0.6) is 5.75 Å². The van der Waals surface area contributed by atoms with Gasteiger partial charge in [0.15, 0.2) is 6.10 Å². The Balaban J connectivity index is 1.42. The maximum absolute atomic E-state index is 12.4. The summed E-state index contributed by atoms with van der Waals surface area (Å²) in [7, 11) is 0. The molecular weight excluding hydrogens is 350 g/mol. The molecule has 1 atom stereocenters. The Hall–Kier alpha value is -3.60. The Bertz CT molecular complexity index is 1070. The van der Waals surface area contributed by atoms with Crippen molar-refractivity contribution in [1.29, 1.82) is 0 Å². The number of hydrogen-bond donors (Lipinski definition) is 2. The van der Waals surface area contributed by atoms with Crippen LogP contribution >= 0.6 is 0 Å². The lowest BCUT2D eigenvalue weighted by atomic mass is 10.2. The van der Waals surface area contributed by atoms with E-state index in [9.17, 15) is 4.79 Å². The standard InChI is InChI=1S/C23H21N3O2/c1-15-7-13-19(14-8-15)28-16(2)23(27)24-18-11-9-17(10-12-18)22-25-20-5-3-4-6-21(20)26-22/h3-14,16H,1-2H3,(H,24,27)(H,25,26). The smallest absolute Gasteiger partial charge is 0.265 e. The molecule has 0 radical (unpaired) electrons. The molecule has 1 aromatic heterocycles. The van der Waals surface area contributed by atoms with Crippen molar-refractivity contribution in [2.75, 3.05) is 5.32 Å². The molecule has 1 unspecified atom stereocenters. The third kappa shape index (κ3) is 3.88. The number of aromatic nitrogens is 2. The van der Waals surface area contributed by atoms with Gasteiger partial charge in [0.05, 0.1) is 11.0 Å². The fourth-order valence-corrected chi connectivity index (χ4v) is 2.92. The minimum Gasteiger partial charge on any atom is -0.481 e.